The van der Waals surface area contributed by atoms with Gasteiger partial charge >= 0.3 is 0 Å². The van der Waals surface area contributed by atoms with Crippen molar-refractivity contribution in [3.8, 4) is 0 Å². The Morgan fingerprint density at radius 2 is 1.59 bits per heavy atom. The molecule has 3 aromatic rings. The van der Waals surface area contributed by atoms with Gasteiger partial charge in [0.15, 0.2) is 11.8 Å². The highest BCUT2D eigenvalue weighted by molar-refractivity contribution is 14.0. The Morgan fingerprint density at radius 3 is 2.19 bits per heavy atom. The summed E-state index contributed by atoms with van der Waals surface area (Å²) in [6, 6.07) is 21.3. The van der Waals surface area contributed by atoms with E-state index in [1.807, 2.05) is 24.6 Å². The fraction of sp³-hybridized carbons (Fsp3) is 0.400. The van der Waals surface area contributed by atoms with E-state index in [4.69, 9.17) is 4.99 Å². The van der Waals surface area contributed by atoms with Crippen molar-refractivity contribution in [1.82, 2.24) is 25.0 Å². The van der Waals surface area contributed by atoms with Crippen molar-refractivity contribution in [3.63, 3.8) is 0 Å². The predicted molar refractivity (Wildman–Crippen MR) is 140 cm³/mol. The lowest BCUT2D eigenvalue weighted by molar-refractivity contribution is 0.258. The van der Waals surface area contributed by atoms with Gasteiger partial charge in [-0.25, -0.2) is 4.99 Å². The monoisotopic (exact) mass is 544 g/mol. The number of benzene rings is 2. The first-order chi connectivity index (χ1) is 15.2. The zero-order valence-electron chi connectivity index (χ0n) is 18.9. The van der Waals surface area contributed by atoms with E-state index < -0.39 is 0 Å². The van der Waals surface area contributed by atoms with Gasteiger partial charge in [0, 0.05) is 20.1 Å². The Kier molecular flexibility index (Phi) is 9.08. The molecule has 2 heterocycles. The van der Waals surface area contributed by atoms with Crippen LogP contribution < -0.4 is 5.32 Å². The van der Waals surface area contributed by atoms with Crippen LogP contribution in [0.3, 0.4) is 0 Å². The minimum Gasteiger partial charge on any atom is -0.349 e. The van der Waals surface area contributed by atoms with Gasteiger partial charge in [-0.15, -0.1) is 34.2 Å². The normalized spacial score (nSPS) is 14.8. The second-order valence-corrected chi connectivity index (χ2v) is 8.32. The number of nitrogens with zero attached hydrogens (tertiary/aromatic N) is 5. The van der Waals surface area contributed by atoms with E-state index in [0.29, 0.717) is 13.1 Å². The van der Waals surface area contributed by atoms with Gasteiger partial charge in [0.25, 0.3) is 0 Å². The van der Waals surface area contributed by atoms with E-state index in [0.717, 1.165) is 43.0 Å². The van der Waals surface area contributed by atoms with Crippen LogP contribution >= 0.6 is 24.0 Å². The van der Waals surface area contributed by atoms with Crippen LogP contribution in [-0.2, 0) is 26.6 Å². The largest absolute Gasteiger partial charge is 0.349 e. The minimum atomic E-state index is 0. The molecule has 1 fully saturated rings. The molecule has 4 rings (SSSR count). The fourth-order valence-corrected chi connectivity index (χ4v) is 4.08. The second-order valence-electron chi connectivity index (χ2n) is 8.32. The molecule has 0 saturated carbocycles. The van der Waals surface area contributed by atoms with Crippen molar-refractivity contribution in [1.29, 1.82) is 0 Å². The van der Waals surface area contributed by atoms with Gasteiger partial charge in [0.2, 0.25) is 0 Å². The van der Waals surface area contributed by atoms with Gasteiger partial charge in [-0.2, -0.15) is 0 Å². The Labute approximate surface area is 208 Å². The molecule has 2 aromatic carbocycles. The molecule has 0 amide bonds. The molecule has 0 atom stereocenters. The highest BCUT2D eigenvalue weighted by atomic mass is 127. The number of hydrogen-bond donors (Lipinski definition) is 1. The number of piperidine rings is 1. The van der Waals surface area contributed by atoms with Crippen molar-refractivity contribution in [3.05, 3.63) is 83.4 Å². The van der Waals surface area contributed by atoms with E-state index >= 15 is 0 Å². The summed E-state index contributed by atoms with van der Waals surface area (Å²) in [5, 5.41) is 12.0. The van der Waals surface area contributed by atoms with Crippen LogP contribution in [0, 0.1) is 12.8 Å². The number of halogens is 1. The van der Waals surface area contributed by atoms with E-state index in [1.54, 1.807) is 0 Å². The van der Waals surface area contributed by atoms with Crippen LogP contribution in [0.2, 0.25) is 0 Å². The van der Waals surface area contributed by atoms with Gasteiger partial charge < -0.3 is 14.8 Å². The average Bonchev–Trinajstić information content (AvgIpc) is 3.13. The first kappa shape index (κ1) is 24.2. The summed E-state index contributed by atoms with van der Waals surface area (Å²) in [5.74, 6) is 3.53. The summed E-state index contributed by atoms with van der Waals surface area (Å²) in [4.78, 5) is 7.35. The third-order valence-electron chi connectivity index (χ3n) is 6.12. The maximum Gasteiger partial charge on any atom is 0.194 e. The third kappa shape index (κ3) is 6.54. The number of aliphatic imine (C=N–C) groups is 1. The van der Waals surface area contributed by atoms with Crippen LogP contribution in [0.4, 0.5) is 0 Å². The first-order valence-corrected chi connectivity index (χ1v) is 11.1. The molecule has 0 unspecified atom stereocenters. The number of nitrogens with one attached hydrogen (secondary N) is 1. The summed E-state index contributed by atoms with van der Waals surface area (Å²) in [6.45, 7) is 5.31. The van der Waals surface area contributed by atoms with E-state index in [1.165, 1.54) is 24.0 Å². The Morgan fingerprint density at radius 1 is 0.969 bits per heavy atom. The molecular formula is C25H33IN6. The Hall–Kier alpha value is -2.42. The number of hydrogen-bond acceptors (Lipinski definition) is 3. The molecule has 1 N–H and O–H groups in total. The van der Waals surface area contributed by atoms with E-state index in [2.05, 4.69) is 75.0 Å². The first-order valence-electron chi connectivity index (χ1n) is 11.1. The SMILES string of the molecule is Cc1nnc(CNC(=NCc2ccccc2)N2CCC(Cc3ccccc3)CC2)n1C.I. The van der Waals surface area contributed by atoms with Crippen LogP contribution in [-0.4, -0.2) is 38.7 Å². The van der Waals surface area contributed by atoms with Gasteiger partial charge in [0.05, 0.1) is 13.1 Å². The van der Waals surface area contributed by atoms with Crippen molar-refractivity contribution in [2.24, 2.45) is 18.0 Å². The lowest BCUT2D eigenvalue weighted by atomic mass is 9.90. The summed E-state index contributed by atoms with van der Waals surface area (Å²) < 4.78 is 2.02. The molecule has 6 nitrogen and oxygen atoms in total. The predicted octanol–water partition coefficient (Wildman–Crippen LogP) is 4.34. The van der Waals surface area contributed by atoms with Gasteiger partial charge in [-0.1, -0.05) is 60.7 Å². The lowest BCUT2D eigenvalue weighted by Gasteiger charge is -2.34. The highest BCUT2D eigenvalue weighted by Gasteiger charge is 2.22. The van der Waals surface area contributed by atoms with Crippen LogP contribution in [0.5, 0.6) is 0 Å². The molecule has 32 heavy (non-hydrogen) atoms. The van der Waals surface area contributed by atoms with Crippen molar-refractivity contribution >= 4 is 29.9 Å². The van der Waals surface area contributed by atoms with Crippen molar-refractivity contribution in [2.75, 3.05) is 13.1 Å². The van der Waals surface area contributed by atoms with Gasteiger partial charge in [-0.05, 0) is 43.2 Å². The topological polar surface area (TPSA) is 58.3 Å². The number of aromatic nitrogens is 3. The summed E-state index contributed by atoms with van der Waals surface area (Å²) in [6.07, 6.45) is 3.53. The molecule has 1 aromatic heterocycles. The summed E-state index contributed by atoms with van der Waals surface area (Å²) >= 11 is 0. The molecule has 170 valence electrons. The third-order valence-corrected chi connectivity index (χ3v) is 6.12. The van der Waals surface area contributed by atoms with Crippen molar-refractivity contribution < 1.29 is 0 Å². The highest BCUT2D eigenvalue weighted by Crippen LogP contribution is 2.22. The fourth-order valence-electron chi connectivity index (χ4n) is 4.08. The summed E-state index contributed by atoms with van der Waals surface area (Å²) in [7, 11) is 2.00. The molecule has 1 aliphatic rings. The number of guanidine groups is 1. The number of aryl methyl sites for hydroxylation is 1. The van der Waals surface area contributed by atoms with Crippen LogP contribution in [0.1, 0.15) is 35.6 Å². The number of likely N-dealkylation sites (tertiary alicyclic amines) is 1. The zero-order valence-corrected chi connectivity index (χ0v) is 21.3. The molecule has 1 aliphatic heterocycles. The quantitative estimate of drug-likeness (QED) is 0.285. The smallest absolute Gasteiger partial charge is 0.194 e. The Bertz CT molecular complexity index is 978. The molecule has 0 spiro atoms. The maximum atomic E-state index is 4.95. The second kappa shape index (κ2) is 12.0. The molecule has 7 heteroatoms. The van der Waals surface area contributed by atoms with Gasteiger partial charge in [0.1, 0.15) is 5.82 Å². The lowest BCUT2D eigenvalue weighted by Crippen LogP contribution is -2.46. The number of rotatable bonds is 6. The molecule has 0 aliphatic carbocycles. The standard InChI is InChI=1S/C25H32N6.HI/c1-20-28-29-24(30(20)2)19-27-25(26-18-23-11-7-4-8-12-23)31-15-13-22(14-16-31)17-21-9-5-3-6-10-21;/h3-12,22H,13-19H2,1-2H3,(H,26,27);1H. The molecular weight excluding hydrogens is 511 g/mol. The van der Waals surface area contributed by atoms with E-state index in [-0.39, 0.29) is 24.0 Å². The molecule has 0 bridgehead atoms. The Balaban J connectivity index is 0.00000289. The maximum absolute atomic E-state index is 4.95. The van der Waals surface area contributed by atoms with Crippen LogP contribution in [0.25, 0.3) is 0 Å². The average molecular weight is 544 g/mol. The van der Waals surface area contributed by atoms with Crippen molar-refractivity contribution in [2.45, 2.75) is 39.3 Å². The molecule has 0 radical (unpaired) electrons. The van der Waals surface area contributed by atoms with Crippen LogP contribution in [0.15, 0.2) is 65.7 Å². The zero-order chi connectivity index (χ0) is 21.5. The molecule has 1 saturated heterocycles. The van der Waals surface area contributed by atoms with E-state index in [9.17, 15) is 0 Å². The minimum absolute atomic E-state index is 0. The summed E-state index contributed by atoms with van der Waals surface area (Å²) in [5.41, 5.74) is 2.66. The van der Waals surface area contributed by atoms with Gasteiger partial charge in [-0.3, -0.25) is 0 Å².